The van der Waals surface area contributed by atoms with Gasteiger partial charge in [-0.05, 0) is 74.1 Å². The Morgan fingerprint density at radius 2 is 1.79 bits per heavy atom. The van der Waals surface area contributed by atoms with Crippen molar-refractivity contribution in [1.29, 1.82) is 0 Å². The van der Waals surface area contributed by atoms with Crippen LogP contribution in [0.1, 0.15) is 43.0 Å². The van der Waals surface area contributed by atoms with Crippen LogP contribution in [-0.4, -0.2) is 12.0 Å². The van der Waals surface area contributed by atoms with Gasteiger partial charge in [-0.15, -0.1) is 0 Å². The van der Waals surface area contributed by atoms with Crippen molar-refractivity contribution in [2.24, 2.45) is 0 Å². The van der Waals surface area contributed by atoms with E-state index in [0.717, 1.165) is 16.5 Å². The minimum atomic E-state index is -0.539. The lowest BCUT2D eigenvalue weighted by atomic mass is 10.0. The van der Waals surface area contributed by atoms with Crippen LogP contribution in [0.15, 0.2) is 46.9 Å². The zero-order valence-corrected chi connectivity index (χ0v) is 15.6. The minimum Gasteiger partial charge on any atom is -0.481 e. The van der Waals surface area contributed by atoms with Crippen LogP contribution in [0.2, 0.25) is 0 Å². The van der Waals surface area contributed by atoms with E-state index in [1.165, 1.54) is 24.0 Å². The first kappa shape index (κ1) is 17.0. The molecule has 0 saturated heterocycles. The summed E-state index contributed by atoms with van der Waals surface area (Å²) in [4.78, 5) is 12.4. The Bertz CT molecular complexity index is 727. The Morgan fingerprint density at radius 1 is 1.08 bits per heavy atom. The van der Waals surface area contributed by atoms with E-state index in [4.69, 9.17) is 4.74 Å². The van der Waals surface area contributed by atoms with Crippen LogP contribution < -0.4 is 10.1 Å². The summed E-state index contributed by atoms with van der Waals surface area (Å²) < 4.78 is 6.69. The first-order valence-electron chi connectivity index (χ1n) is 8.37. The third-order valence-corrected chi connectivity index (χ3v) is 5.01. The van der Waals surface area contributed by atoms with E-state index in [1.807, 2.05) is 31.2 Å². The molecule has 3 nitrogen and oxygen atoms in total. The highest BCUT2D eigenvalue weighted by molar-refractivity contribution is 9.10. The Hall–Kier alpha value is -1.81. The number of rotatable bonds is 5. The highest BCUT2D eigenvalue weighted by Gasteiger charge is 2.19. The number of aryl methyl sites for hydroxylation is 2. The Labute approximate surface area is 151 Å². The van der Waals surface area contributed by atoms with Crippen LogP contribution in [0.5, 0.6) is 5.75 Å². The summed E-state index contributed by atoms with van der Waals surface area (Å²) in [5.74, 6) is 0.581. The number of benzene rings is 2. The van der Waals surface area contributed by atoms with Crippen LogP contribution in [0.4, 0.5) is 0 Å². The predicted octanol–water partition coefficient (Wildman–Crippen LogP) is 4.58. The molecule has 126 valence electrons. The molecule has 0 heterocycles. The summed E-state index contributed by atoms with van der Waals surface area (Å²) in [6, 6.07) is 14.0. The van der Waals surface area contributed by atoms with Gasteiger partial charge in [0.25, 0.3) is 5.91 Å². The summed E-state index contributed by atoms with van der Waals surface area (Å²) >= 11 is 3.39. The minimum absolute atomic E-state index is 0.0284. The number of ether oxygens (including phenoxy) is 1. The predicted molar refractivity (Wildman–Crippen MR) is 99.3 cm³/mol. The Morgan fingerprint density at radius 3 is 2.54 bits per heavy atom. The van der Waals surface area contributed by atoms with Gasteiger partial charge in [0, 0.05) is 4.47 Å². The smallest absolute Gasteiger partial charge is 0.261 e. The van der Waals surface area contributed by atoms with Crippen molar-refractivity contribution in [3.63, 3.8) is 0 Å². The van der Waals surface area contributed by atoms with Gasteiger partial charge in [0.15, 0.2) is 6.10 Å². The van der Waals surface area contributed by atoms with Crippen LogP contribution in [0.3, 0.4) is 0 Å². The molecule has 0 aliphatic heterocycles. The third kappa shape index (κ3) is 3.99. The Balaban J connectivity index is 1.60. The fraction of sp³-hybridized carbons (Fsp3) is 0.350. The number of amides is 1. The van der Waals surface area contributed by atoms with Crippen molar-refractivity contribution in [2.75, 3.05) is 0 Å². The topological polar surface area (TPSA) is 38.3 Å². The van der Waals surface area contributed by atoms with Gasteiger partial charge in [0.2, 0.25) is 0 Å². The van der Waals surface area contributed by atoms with Gasteiger partial charge in [-0.25, -0.2) is 0 Å². The first-order chi connectivity index (χ1) is 11.5. The monoisotopic (exact) mass is 387 g/mol. The van der Waals surface area contributed by atoms with E-state index >= 15 is 0 Å². The van der Waals surface area contributed by atoms with Crippen LogP contribution in [0, 0.1) is 0 Å². The average molecular weight is 388 g/mol. The molecule has 0 radical (unpaired) electrons. The second-order valence-corrected chi connectivity index (χ2v) is 7.24. The van der Waals surface area contributed by atoms with Crippen molar-refractivity contribution < 1.29 is 9.53 Å². The molecule has 24 heavy (non-hydrogen) atoms. The molecule has 0 bridgehead atoms. The number of halogens is 1. The molecule has 2 aromatic rings. The molecule has 0 fully saturated rings. The molecule has 2 atom stereocenters. The van der Waals surface area contributed by atoms with E-state index < -0.39 is 6.10 Å². The lowest BCUT2D eigenvalue weighted by Gasteiger charge is -2.19. The fourth-order valence-electron chi connectivity index (χ4n) is 3.05. The number of hydrogen-bond acceptors (Lipinski definition) is 2. The maximum Gasteiger partial charge on any atom is 0.261 e. The molecule has 0 unspecified atom stereocenters. The average Bonchev–Trinajstić information content (AvgIpc) is 3.04. The van der Waals surface area contributed by atoms with Crippen molar-refractivity contribution in [1.82, 2.24) is 5.32 Å². The molecule has 3 rings (SSSR count). The number of carbonyl (C=O) groups is 1. The van der Waals surface area contributed by atoms with Gasteiger partial charge in [0.05, 0.1) is 6.04 Å². The van der Waals surface area contributed by atoms with Crippen molar-refractivity contribution in [3.05, 3.63) is 63.6 Å². The quantitative estimate of drug-likeness (QED) is 0.814. The first-order valence-corrected chi connectivity index (χ1v) is 9.16. The standard InChI is InChI=1S/C20H22BrNO2/c1-13(16-7-6-15-4-3-5-17(15)12-16)22-20(23)14(2)24-19-10-8-18(21)9-11-19/h6-14H,3-5H2,1-2H3,(H,22,23)/t13-,14-/m1/s1. The highest BCUT2D eigenvalue weighted by Crippen LogP contribution is 2.25. The molecule has 0 saturated carbocycles. The number of nitrogens with one attached hydrogen (secondary N) is 1. The molecule has 0 aromatic heterocycles. The molecular weight excluding hydrogens is 366 g/mol. The second kappa shape index (κ2) is 7.39. The van der Waals surface area contributed by atoms with E-state index in [1.54, 1.807) is 6.92 Å². The lowest BCUT2D eigenvalue weighted by Crippen LogP contribution is -2.37. The van der Waals surface area contributed by atoms with Gasteiger partial charge < -0.3 is 10.1 Å². The summed E-state index contributed by atoms with van der Waals surface area (Å²) in [6.07, 6.45) is 3.02. The number of carbonyl (C=O) groups excluding carboxylic acids is 1. The molecule has 1 aliphatic carbocycles. The highest BCUT2D eigenvalue weighted by atomic mass is 79.9. The summed E-state index contributed by atoms with van der Waals surface area (Å²) in [6.45, 7) is 3.79. The van der Waals surface area contributed by atoms with Crippen LogP contribution in [0.25, 0.3) is 0 Å². The molecule has 4 heteroatoms. The normalized spacial score (nSPS) is 15.5. The van der Waals surface area contributed by atoms with E-state index in [-0.39, 0.29) is 11.9 Å². The zero-order valence-electron chi connectivity index (χ0n) is 14.0. The van der Waals surface area contributed by atoms with Gasteiger partial charge >= 0.3 is 0 Å². The van der Waals surface area contributed by atoms with Gasteiger partial charge in [0.1, 0.15) is 5.75 Å². The third-order valence-electron chi connectivity index (χ3n) is 4.48. The van der Waals surface area contributed by atoms with Crippen molar-refractivity contribution in [3.8, 4) is 5.75 Å². The SMILES string of the molecule is C[C@@H](Oc1ccc(Br)cc1)C(=O)N[C@H](C)c1ccc2c(c1)CCC2. The summed E-state index contributed by atoms with van der Waals surface area (Å²) in [5.41, 5.74) is 4.02. The lowest BCUT2D eigenvalue weighted by molar-refractivity contribution is -0.127. The number of fused-ring (bicyclic) bond motifs is 1. The van der Waals surface area contributed by atoms with Crippen molar-refractivity contribution >= 4 is 21.8 Å². The largest absolute Gasteiger partial charge is 0.481 e. The molecule has 0 spiro atoms. The van der Waals surface area contributed by atoms with Gasteiger partial charge in [-0.1, -0.05) is 34.1 Å². The van der Waals surface area contributed by atoms with E-state index in [9.17, 15) is 4.79 Å². The summed E-state index contributed by atoms with van der Waals surface area (Å²) in [7, 11) is 0. The van der Waals surface area contributed by atoms with Crippen LogP contribution in [-0.2, 0) is 17.6 Å². The van der Waals surface area contributed by atoms with E-state index in [2.05, 4.69) is 39.4 Å². The Kier molecular flexibility index (Phi) is 5.24. The molecule has 1 aliphatic rings. The maximum absolute atomic E-state index is 12.4. The van der Waals surface area contributed by atoms with Crippen molar-refractivity contribution in [2.45, 2.75) is 45.3 Å². The van der Waals surface area contributed by atoms with Crippen LogP contribution >= 0.6 is 15.9 Å². The van der Waals surface area contributed by atoms with E-state index in [0.29, 0.717) is 5.75 Å². The molecule has 2 aromatic carbocycles. The second-order valence-electron chi connectivity index (χ2n) is 6.33. The molecule has 1 N–H and O–H groups in total. The number of hydrogen-bond donors (Lipinski definition) is 1. The molecule has 1 amide bonds. The fourth-order valence-corrected chi connectivity index (χ4v) is 3.31. The maximum atomic E-state index is 12.4. The molecular formula is C20H22BrNO2. The van der Waals surface area contributed by atoms with Gasteiger partial charge in [-0.2, -0.15) is 0 Å². The summed E-state index contributed by atoms with van der Waals surface area (Å²) in [5, 5.41) is 3.05. The van der Waals surface area contributed by atoms with Gasteiger partial charge in [-0.3, -0.25) is 4.79 Å². The zero-order chi connectivity index (χ0) is 17.1.